The van der Waals surface area contributed by atoms with Crippen LogP contribution in [0, 0.1) is 10.1 Å². The molecule has 0 radical (unpaired) electrons. The molecule has 1 aliphatic rings. The second-order valence-electron chi connectivity index (χ2n) is 7.61. The molecule has 2 aromatic rings. The van der Waals surface area contributed by atoms with E-state index in [0.717, 1.165) is 12.1 Å². The number of halogens is 3. The first-order valence-electron chi connectivity index (χ1n) is 9.82. The number of nitro benzene ring substituents is 1. The molecule has 3 rings (SSSR count). The quantitative estimate of drug-likeness (QED) is 0.565. The molecular weight excluding hydrogens is 413 g/mol. The first kappa shape index (κ1) is 22.4. The number of amides is 1. The highest BCUT2D eigenvalue weighted by Gasteiger charge is 2.31. The summed E-state index contributed by atoms with van der Waals surface area (Å²) in [5, 5.41) is 14.3. The van der Waals surface area contributed by atoms with Crippen LogP contribution in [0.1, 0.15) is 29.8 Å². The fourth-order valence-electron chi connectivity index (χ4n) is 3.51. The summed E-state index contributed by atoms with van der Waals surface area (Å²) < 4.78 is 38.9. The van der Waals surface area contributed by atoms with Crippen LogP contribution >= 0.6 is 0 Å². The van der Waals surface area contributed by atoms with E-state index < -0.39 is 16.7 Å². The van der Waals surface area contributed by atoms with Crippen molar-refractivity contribution >= 4 is 23.0 Å². The fourth-order valence-corrected chi connectivity index (χ4v) is 3.51. The van der Waals surface area contributed by atoms with Crippen LogP contribution in [0.5, 0.6) is 0 Å². The smallest absolute Gasteiger partial charge is 0.368 e. The Morgan fingerprint density at radius 3 is 2.29 bits per heavy atom. The molecule has 0 aromatic heterocycles. The minimum atomic E-state index is -4.41. The van der Waals surface area contributed by atoms with Crippen LogP contribution < -0.4 is 15.1 Å². The number of nitrogens with zero attached hydrogens (tertiary/aromatic N) is 3. The lowest BCUT2D eigenvalue weighted by molar-refractivity contribution is -0.384. The van der Waals surface area contributed by atoms with Crippen LogP contribution in [0.4, 0.5) is 30.2 Å². The maximum absolute atomic E-state index is 13.0. The fraction of sp³-hybridized carbons (Fsp3) is 0.381. The van der Waals surface area contributed by atoms with Gasteiger partial charge in [0.05, 0.1) is 10.5 Å². The van der Waals surface area contributed by atoms with E-state index in [-0.39, 0.29) is 23.2 Å². The molecule has 1 saturated heterocycles. The SMILES string of the molecule is CC(C)NC(=O)c1ccc(N2CCN(c3cccc(C(F)(F)F)c3)CC2)c([N+](=O)[O-])c1. The van der Waals surface area contributed by atoms with E-state index in [4.69, 9.17) is 0 Å². The maximum Gasteiger partial charge on any atom is 0.416 e. The minimum Gasteiger partial charge on any atom is -0.368 e. The highest BCUT2D eigenvalue weighted by molar-refractivity contribution is 5.96. The van der Waals surface area contributed by atoms with Crippen molar-refractivity contribution in [3.8, 4) is 0 Å². The van der Waals surface area contributed by atoms with Crippen LogP contribution in [0.2, 0.25) is 0 Å². The number of benzene rings is 2. The van der Waals surface area contributed by atoms with Crippen molar-refractivity contribution in [3.05, 3.63) is 63.7 Å². The Hall–Kier alpha value is -3.30. The summed E-state index contributed by atoms with van der Waals surface area (Å²) >= 11 is 0. The molecule has 7 nitrogen and oxygen atoms in total. The van der Waals surface area contributed by atoms with Crippen molar-refractivity contribution in [1.29, 1.82) is 0 Å². The number of hydrogen-bond donors (Lipinski definition) is 1. The Kier molecular flexibility index (Phi) is 6.37. The van der Waals surface area contributed by atoms with Crippen LogP contribution in [0.25, 0.3) is 0 Å². The average Bonchev–Trinajstić information content (AvgIpc) is 2.72. The molecular formula is C21H23F3N4O3. The van der Waals surface area contributed by atoms with E-state index in [1.165, 1.54) is 12.1 Å². The lowest BCUT2D eigenvalue weighted by Gasteiger charge is -2.37. The van der Waals surface area contributed by atoms with Gasteiger partial charge in [-0.2, -0.15) is 13.2 Å². The number of carbonyl (C=O) groups excluding carboxylic acids is 1. The molecule has 1 aliphatic heterocycles. The van der Waals surface area contributed by atoms with Gasteiger partial charge in [0.15, 0.2) is 0 Å². The molecule has 1 fully saturated rings. The average molecular weight is 436 g/mol. The molecule has 0 atom stereocenters. The van der Waals surface area contributed by atoms with E-state index >= 15 is 0 Å². The first-order valence-corrected chi connectivity index (χ1v) is 9.82. The van der Waals surface area contributed by atoms with Gasteiger partial charge in [-0.1, -0.05) is 6.07 Å². The molecule has 1 N–H and O–H groups in total. The topological polar surface area (TPSA) is 78.7 Å². The van der Waals surface area contributed by atoms with Crippen LogP contribution in [-0.2, 0) is 6.18 Å². The number of nitro groups is 1. The number of carbonyl (C=O) groups is 1. The summed E-state index contributed by atoms with van der Waals surface area (Å²) in [5.74, 6) is -0.390. The Morgan fingerprint density at radius 2 is 1.71 bits per heavy atom. The number of nitrogens with one attached hydrogen (secondary N) is 1. The van der Waals surface area contributed by atoms with Crippen molar-refractivity contribution in [1.82, 2.24) is 5.32 Å². The molecule has 31 heavy (non-hydrogen) atoms. The van der Waals surface area contributed by atoms with Crippen molar-refractivity contribution in [2.24, 2.45) is 0 Å². The molecule has 0 unspecified atom stereocenters. The summed E-state index contributed by atoms with van der Waals surface area (Å²) in [7, 11) is 0. The lowest BCUT2D eigenvalue weighted by Crippen LogP contribution is -2.46. The van der Waals surface area contributed by atoms with E-state index in [1.807, 2.05) is 9.80 Å². The zero-order valence-electron chi connectivity index (χ0n) is 17.1. The zero-order valence-corrected chi connectivity index (χ0v) is 17.1. The van der Waals surface area contributed by atoms with E-state index in [2.05, 4.69) is 5.32 Å². The third-order valence-corrected chi connectivity index (χ3v) is 5.01. The Balaban J connectivity index is 1.76. The highest BCUT2D eigenvalue weighted by atomic mass is 19.4. The van der Waals surface area contributed by atoms with Crippen molar-refractivity contribution in [2.45, 2.75) is 26.1 Å². The van der Waals surface area contributed by atoms with Crippen LogP contribution in [0.15, 0.2) is 42.5 Å². The summed E-state index contributed by atoms with van der Waals surface area (Å²) in [4.78, 5) is 26.9. The van der Waals surface area contributed by atoms with E-state index in [1.54, 1.807) is 32.0 Å². The number of rotatable bonds is 5. The van der Waals surface area contributed by atoms with Crippen molar-refractivity contribution < 1.29 is 22.9 Å². The van der Waals surface area contributed by atoms with Gasteiger partial charge in [-0.05, 0) is 44.2 Å². The van der Waals surface area contributed by atoms with Crippen LogP contribution in [-0.4, -0.2) is 43.1 Å². The monoisotopic (exact) mass is 436 g/mol. The van der Waals surface area contributed by atoms with Crippen molar-refractivity contribution in [2.75, 3.05) is 36.0 Å². The van der Waals surface area contributed by atoms with Gasteiger partial charge in [-0.3, -0.25) is 14.9 Å². The lowest BCUT2D eigenvalue weighted by atomic mass is 10.1. The third kappa shape index (κ3) is 5.25. The second-order valence-corrected chi connectivity index (χ2v) is 7.61. The maximum atomic E-state index is 13.0. The number of hydrogen-bond acceptors (Lipinski definition) is 5. The number of alkyl halides is 3. The highest BCUT2D eigenvalue weighted by Crippen LogP contribution is 2.33. The van der Waals surface area contributed by atoms with Crippen LogP contribution in [0.3, 0.4) is 0 Å². The molecule has 10 heteroatoms. The molecule has 1 amide bonds. The summed E-state index contributed by atoms with van der Waals surface area (Å²) in [5.41, 5.74) is 0.161. The minimum absolute atomic E-state index is 0.102. The van der Waals surface area contributed by atoms with Gasteiger partial charge in [0.1, 0.15) is 5.69 Å². The molecule has 1 heterocycles. The van der Waals surface area contributed by atoms with Crippen molar-refractivity contribution in [3.63, 3.8) is 0 Å². The number of piperazine rings is 1. The molecule has 0 spiro atoms. The standard InChI is InChI=1S/C21H23F3N4O3/c1-14(2)25-20(29)15-6-7-18(19(12-15)28(30)31)27-10-8-26(9-11-27)17-5-3-4-16(13-17)21(22,23)24/h3-7,12-14H,8-11H2,1-2H3,(H,25,29). The molecule has 0 aliphatic carbocycles. The van der Waals surface area contributed by atoms with E-state index in [9.17, 15) is 28.1 Å². The van der Waals surface area contributed by atoms with Gasteiger partial charge in [-0.25, -0.2) is 0 Å². The first-order chi connectivity index (χ1) is 14.6. The van der Waals surface area contributed by atoms with Gasteiger partial charge < -0.3 is 15.1 Å². The van der Waals surface area contributed by atoms with Gasteiger partial charge in [0, 0.05) is 49.5 Å². The molecule has 2 aromatic carbocycles. The zero-order chi connectivity index (χ0) is 22.8. The largest absolute Gasteiger partial charge is 0.416 e. The van der Waals surface area contributed by atoms with Gasteiger partial charge in [0.25, 0.3) is 11.6 Å². The Bertz CT molecular complexity index is 971. The predicted octanol–water partition coefficient (Wildman–Crippen LogP) is 4.08. The Labute approximate surface area is 177 Å². The van der Waals surface area contributed by atoms with E-state index in [0.29, 0.717) is 37.6 Å². The number of anilines is 2. The predicted molar refractivity (Wildman–Crippen MR) is 112 cm³/mol. The summed E-state index contributed by atoms with van der Waals surface area (Å²) in [6, 6.07) is 9.38. The third-order valence-electron chi connectivity index (χ3n) is 5.01. The van der Waals surface area contributed by atoms with Gasteiger partial charge >= 0.3 is 6.18 Å². The second kappa shape index (κ2) is 8.83. The van der Waals surface area contributed by atoms with Gasteiger partial charge in [0.2, 0.25) is 0 Å². The summed E-state index contributed by atoms with van der Waals surface area (Å²) in [6.07, 6.45) is -4.41. The molecule has 166 valence electrons. The molecule has 0 bridgehead atoms. The molecule has 0 saturated carbocycles. The normalized spacial score (nSPS) is 14.6. The summed E-state index contributed by atoms with van der Waals surface area (Å²) in [6.45, 7) is 5.21. The Morgan fingerprint density at radius 1 is 1.06 bits per heavy atom. The van der Waals surface area contributed by atoms with Gasteiger partial charge in [-0.15, -0.1) is 0 Å².